The largest absolute Gasteiger partial charge is 0.495 e. The first kappa shape index (κ1) is 23.1. The highest BCUT2D eigenvalue weighted by molar-refractivity contribution is 5.95. The van der Waals surface area contributed by atoms with Crippen LogP contribution in [0.1, 0.15) is 31.2 Å². The highest BCUT2D eigenvalue weighted by atomic mass is 16.5. The van der Waals surface area contributed by atoms with Crippen LogP contribution in [0.4, 0.5) is 5.69 Å². The minimum atomic E-state index is -0.269. The van der Waals surface area contributed by atoms with Gasteiger partial charge in [0.2, 0.25) is 11.8 Å². The van der Waals surface area contributed by atoms with Crippen molar-refractivity contribution in [3.63, 3.8) is 0 Å². The summed E-state index contributed by atoms with van der Waals surface area (Å²) < 4.78 is 11.1. The highest BCUT2D eigenvalue weighted by Gasteiger charge is 2.18. The Morgan fingerprint density at radius 3 is 2.59 bits per heavy atom. The molecular formula is C25H29N3O4. The Bertz CT molecular complexity index is 1040. The molecule has 0 saturated carbocycles. The molecule has 0 atom stereocenters. The number of anilines is 1. The van der Waals surface area contributed by atoms with Crippen molar-refractivity contribution >= 4 is 17.5 Å². The molecule has 1 heterocycles. The van der Waals surface area contributed by atoms with E-state index in [0.717, 1.165) is 12.0 Å². The van der Waals surface area contributed by atoms with Gasteiger partial charge in [0.1, 0.15) is 5.75 Å². The number of carbonyl (C=O) groups is 2. The zero-order chi connectivity index (χ0) is 22.9. The van der Waals surface area contributed by atoms with Crippen LogP contribution in [0.25, 0.3) is 11.3 Å². The lowest BCUT2D eigenvalue weighted by atomic mass is 10.1. The third-order valence-electron chi connectivity index (χ3n) is 5.00. The highest BCUT2D eigenvalue weighted by Crippen LogP contribution is 2.23. The summed E-state index contributed by atoms with van der Waals surface area (Å²) >= 11 is 0. The predicted octanol–water partition coefficient (Wildman–Crippen LogP) is 4.47. The molecule has 1 N–H and O–H groups in total. The Kier molecular flexibility index (Phi) is 8.02. The molecule has 0 unspecified atom stereocenters. The number of ether oxygens (including phenoxy) is 1. The summed E-state index contributed by atoms with van der Waals surface area (Å²) in [5.74, 6) is 1.37. The molecule has 7 heteroatoms. The molecule has 2 aromatic carbocycles. The normalized spacial score (nSPS) is 10.6. The lowest BCUT2D eigenvalue weighted by molar-refractivity contribution is -0.134. The second kappa shape index (κ2) is 11.1. The molecule has 2 amide bonds. The van der Waals surface area contributed by atoms with Gasteiger partial charge >= 0.3 is 0 Å². The van der Waals surface area contributed by atoms with Crippen molar-refractivity contribution in [1.82, 2.24) is 9.88 Å². The van der Waals surface area contributed by atoms with E-state index in [2.05, 4.69) is 10.3 Å². The van der Waals surface area contributed by atoms with E-state index in [1.165, 1.54) is 5.56 Å². The number of aryl methyl sites for hydroxylation is 2. The van der Waals surface area contributed by atoms with Crippen LogP contribution in [0.3, 0.4) is 0 Å². The molecular weight excluding hydrogens is 406 g/mol. The summed E-state index contributed by atoms with van der Waals surface area (Å²) in [4.78, 5) is 31.2. The van der Waals surface area contributed by atoms with Crippen molar-refractivity contribution < 1.29 is 18.7 Å². The van der Waals surface area contributed by atoms with Gasteiger partial charge in [0.25, 0.3) is 0 Å². The Hall–Kier alpha value is -3.61. The van der Waals surface area contributed by atoms with E-state index in [0.29, 0.717) is 36.1 Å². The maximum Gasteiger partial charge on any atom is 0.244 e. The standard InChI is InChI=1S/C25H29N3O4/c1-4-15-28(17-23(29)27-20-7-5-6-8-21(20)31-3)25(30)14-13-24-26-16-22(32-24)19-11-9-18(2)10-12-19/h5-12,16H,4,13-15,17H2,1-3H3,(H,27,29). The number of carbonyl (C=O) groups excluding carboxylic acids is 2. The fourth-order valence-electron chi connectivity index (χ4n) is 3.32. The van der Waals surface area contributed by atoms with Gasteiger partial charge in [0, 0.05) is 24.9 Å². The van der Waals surface area contributed by atoms with Crippen LogP contribution >= 0.6 is 0 Å². The van der Waals surface area contributed by atoms with Crippen molar-refractivity contribution in [2.24, 2.45) is 0 Å². The minimum Gasteiger partial charge on any atom is -0.495 e. The molecule has 0 spiro atoms. The SMILES string of the molecule is CCCN(CC(=O)Nc1ccccc1OC)C(=O)CCc1ncc(-c2ccc(C)cc2)o1. The number of hydrogen-bond acceptors (Lipinski definition) is 5. The first-order chi connectivity index (χ1) is 15.5. The molecule has 1 aromatic heterocycles. The average molecular weight is 436 g/mol. The maximum atomic E-state index is 12.8. The number of nitrogens with zero attached hydrogens (tertiary/aromatic N) is 2. The number of hydrogen-bond donors (Lipinski definition) is 1. The van der Waals surface area contributed by atoms with E-state index < -0.39 is 0 Å². The molecule has 0 aliphatic carbocycles. The Morgan fingerprint density at radius 2 is 1.88 bits per heavy atom. The minimum absolute atomic E-state index is 0.0229. The van der Waals surface area contributed by atoms with E-state index in [9.17, 15) is 9.59 Å². The second-order valence-corrected chi connectivity index (χ2v) is 7.55. The van der Waals surface area contributed by atoms with Gasteiger partial charge in [0.05, 0.1) is 25.5 Å². The Morgan fingerprint density at radius 1 is 1.12 bits per heavy atom. The Labute approximate surface area is 188 Å². The van der Waals surface area contributed by atoms with Crippen molar-refractivity contribution in [3.8, 4) is 17.1 Å². The number of methoxy groups -OCH3 is 1. The van der Waals surface area contributed by atoms with E-state index in [-0.39, 0.29) is 24.8 Å². The van der Waals surface area contributed by atoms with Crippen molar-refractivity contribution in [2.75, 3.05) is 25.5 Å². The van der Waals surface area contributed by atoms with Gasteiger partial charge in [-0.05, 0) is 25.5 Å². The molecule has 7 nitrogen and oxygen atoms in total. The lowest BCUT2D eigenvalue weighted by Gasteiger charge is -2.21. The molecule has 3 rings (SSSR count). The van der Waals surface area contributed by atoms with Crippen LogP contribution in [0, 0.1) is 6.92 Å². The monoisotopic (exact) mass is 435 g/mol. The van der Waals surface area contributed by atoms with Gasteiger partial charge in [-0.15, -0.1) is 0 Å². The van der Waals surface area contributed by atoms with Gasteiger partial charge in [0.15, 0.2) is 11.7 Å². The van der Waals surface area contributed by atoms with Crippen LogP contribution in [0.5, 0.6) is 5.75 Å². The molecule has 0 aliphatic heterocycles. The van der Waals surface area contributed by atoms with Crippen molar-refractivity contribution in [1.29, 1.82) is 0 Å². The molecule has 0 aliphatic rings. The molecule has 0 saturated heterocycles. The summed E-state index contributed by atoms with van der Waals surface area (Å²) in [7, 11) is 1.55. The smallest absolute Gasteiger partial charge is 0.244 e. The number of para-hydroxylation sites is 2. The van der Waals surface area contributed by atoms with E-state index >= 15 is 0 Å². The summed E-state index contributed by atoms with van der Waals surface area (Å²) in [6.07, 6.45) is 3.02. The third-order valence-corrected chi connectivity index (χ3v) is 5.00. The number of nitrogens with one attached hydrogen (secondary N) is 1. The van der Waals surface area contributed by atoms with E-state index in [4.69, 9.17) is 9.15 Å². The van der Waals surface area contributed by atoms with Gasteiger partial charge in [-0.2, -0.15) is 0 Å². The molecule has 0 fully saturated rings. The van der Waals surface area contributed by atoms with Crippen molar-refractivity contribution in [2.45, 2.75) is 33.1 Å². The van der Waals surface area contributed by atoms with Crippen LogP contribution in [0.15, 0.2) is 59.1 Å². The van der Waals surface area contributed by atoms with Crippen molar-refractivity contribution in [3.05, 3.63) is 66.2 Å². The topological polar surface area (TPSA) is 84.7 Å². The quantitative estimate of drug-likeness (QED) is 0.508. The zero-order valence-corrected chi connectivity index (χ0v) is 18.8. The van der Waals surface area contributed by atoms with Gasteiger partial charge in [-0.3, -0.25) is 9.59 Å². The predicted molar refractivity (Wildman–Crippen MR) is 123 cm³/mol. The van der Waals surface area contributed by atoms with Crippen LogP contribution in [-0.2, 0) is 16.0 Å². The van der Waals surface area contributed by atoms with Gasteiger partial charge in [-0.25, -0.2) is 4.98 Å². The fraction of sp³-hybridized carbons (Fsp3) is 0.320. The van der Waals surface area contributed by atoms with E-state index in [1.807, 2.05) is 50.2 Å². The summed E-state index contributed by atoms with van der Waals surface area (Å²) in [6, 6.07) is 15.2. The number of rotatable bonds is 10. The molecule has 0 radical (unpaired) electrons. The first-order valence-electron chi connectivity index (χ1n) is 10.7. The summed E-state index contributed by atoms with van der Waals surface area (Å²) in [5.41, 5.74) is 2.69. The Balaban J connectivity index is 1.57. The lowest BCUT2D eigenvalue weighted by Crippen LogP contribution is -2.38. The van der Waals surface area contributed by atoms with Gasteiger partial charge < -0.3 is 19.4 Å². The second-order valence-electron chi connectivity index (χ2n) is 7.55. The number of benzene rings is 2. The zero-order valence-electron chi connectivity index (χ0n) is 18.8. The summed E-state index contributed by atoms with van der Waals surface area (Å²) in [5, 5.41) is 2.82. The average Bonchev–Trinajstić information content (AvgIpc) is 3.27. The third kappa shape index (κ3) is 6.20. The molecule has 168 valence electrons. The van der Waals surface area contributed by atoms with E-state index in [1.54, 1.807) is 30.3 Å². The van der Waals surface area contributed by atoms with Crippen LogP contribution in [-0.4, -0.2) is 41.9 Å². The van der Waals surface area contributed by atoms with Crippen LogP contribution < -0.4 is 10.1 Å². The fourth-order valence-corrected chi connectivity index (χ4v) is 3.32. The number of amides is 2. The number of aromatic nitrogens is 1. The number of oxazole rings is 1. The van der Waals surface area contributed by atoms with Gasteiger partial charge in [-0.1, -0.05) is 48.9 Å². The first-order valence-corrected chi connectivity index (χ1v) is 10.7. The van der Waals surface area contributed by atoms with Crippen LogP contribution in [0.2, 0.25) is 0 Å². The molecule has 0 bridgehead atoms. The molecule has 3 aromatic rings. The summed E-state index contributed by atoms with van der Waals surface area (Å²) in [6.45, 7) is 4.48. The molecule has 32 heavy (non-hydrogen) atoms. The maximum absolute atomic E-state index is 12.8.